The average Bonchev–Trinajstić information content (AvgIpc) is 2.75. The van der Waals surface area contributed by atoms with Crippen LogP contribution in [0, 0.1) is 6.92 Å². The molecule has 1 fully saturated rings. The summed E-state index contributed by atoms with van der Waals surface area (Å²) < 4.78 is 11.8. The zero-order valence-corrected chi connectivity index (χ0v) is 18.0. The lowest BCUT2D eigenvalue weighted by Crippen LogP contribution is -3.28. The van der Waals surface area contributed by atoms with Crippen LogP contribution in [-0.2, 0) is 11.3 Å². The first-order valence-corrected chi connectivity index (χ1v) is 10.9. The van der Waals surface area contributed by atoms with Gasteiger partial charge in [-0.05, 0) is 19.1 Å². The number of nitrogens with zero attached hydrogens (tertiary/aromatic N) is 1. The summed E-state index contributed by atoms with van der Waals surface area (Å²) in [6, 6.07) is 16.5. The van der Waals surface area contributed by atoms with Crippen molar-refractivity contribution in [3.8, 4) is 11.5 Å². The Balaban J connectivity index is 1.20. The number of para-hydroxylation sites is 2. The van der Waals surface area contributed by atoms with Crippen LogP contribution in [-0.4, -0.2) is 69.8 Å². The highest BCUT2D eigenvalue weighted by Crippen LogP contribution is 2.30. The van der Waals surface area contributed by atoms with Crippen LogP contribution >= 0.6 is 0 Å². The fourth-order valence-electron chi connectivity index (χ4n) is 4.33. The maximum absolute atomic E-state index is 12.7. The number of likely N-dealkylation sites (N-methyl/N-ethyl adjacent to an activating group) is 1. The molecule has 2 aromatic rings. The van der Waals surface area contributed by atoms with Crippen molar-refractivity contribution in [2.75, 3.05) is 52.9 Å². The summed E-state index contributed by atoms with van der Waals surface area (Å²) >= 11 is 0. The lowest BCUT2D eigenvalue weighted by molar-refractivity contribution is -1.02. The Bertz CT molecular complexity index is 864. The summed E-state index contributed by atoms with van der Waals surface area (Å²) in [6.45, 7) is 9.09. The highest BCUT2D eigenvalue weighted by Gasteiger charge is 2.28. The lowest BCUT2D eigenvalue weighted by atomic mass is 10.1. The molecule has 4 rings (SSSR count). The van der Waals surface area contributed by atoms with E-state index in [4.69, 9.17) is 9.47 Å². The predicted octanol–water partition coefficient (Wildman–Crippen LogP) is -0.423. The third kappa shape index (κ3) is 5.32. The van der Waals surface area contributed by atoms with E-state index >= 15 is 0 Å². The molecule has 0 unspecified atom stereocenters. The van der Waals surface area contributed by atoms with Crippen molar-refractivity contribution < 1.29 is 24.1 Å². The fraction of sp³-hybridized carbons (Fsp3) is 0.458. The fourth-order valence-corrected chi connectivity index (χ4v) is 4.33. The maximum Gasteiger partial charge on any atom is 0.277 e. The number of quaternary nitrogens is 2. The molecule has 160 valence electrons. The second-order valence-corrected chi connectivity index (χ2v) is 8.61. The second-order valence-electron chi connectivity index (χ2n) is 8.61. The third-order valence-corrected chi connectivity index (χ3v) is 6.07. The smallest absolute Gasteiger partial charge is 0.277 e. The van der Waals surface area contributed by atoms with Crippen molar-refractivity contribution in [1.29, 1.82) is 0 Å². The van der Waals surface area contributed by atoms with E-state index in [2.05, 4.69) is 31.2 Å². The molecule has 0 bridgehead atoms. The van der Waals surface area contributed by atoms with Gasteiger partial charge in [-0.25, -0.2) is 0 Å². The number of hydrogen-bond donors (Lipinski definition) is 2. The molecule has 2 aromatic carbocycles. The van der Waals surface area contributed by atoms with Crippen molar-refractivity contribution in [1.82, 2.24) is 4.90 Å². The van der Waals surface area contributed by atoms with E-state index in [1.54, 1.807) is 9.80 Å². The van der Waals surface area contributed by atoms with Gasteiger partial charge in [0.2, 0.25) is 0 Å². The minimum absolute atomic E-state index is 0.125. The first kappa shape index (κ1) is 20.7. The van der Waals surface area contributed by atoms with Gasteiger partial charge in [-0.3, -0.25) is 4.79 Å². The Morgan fingerprint density at radius 2 is 1.77 bits per heavy atom. The van der Waals surface area contributed by atoms with Crippen molar-refractivity contribution in [2.45, 2.75) is 19.6 Å². The maximum atomic E-state index is 12.7. The molecular weight excluding hydrogens is 378 g/mol. The molecule has 2 aliphatic rings. The van der Waals surface area contributed by atoms with E-state index < -0.39 is 0 Å². The average molecular weight is 412 g/mol. The Morgan fingerprint density at radius 1 is 1.03 bits per heavy atom. The topological polar surface area (TPSA) is 47.7 Å². The number of rotatable bonds is 6. The van der Waals surface area contributed by atoms with E-state index in [9.17, 15) is 4.79 Å². The van der Waals surface area contributed by atoms with E-state index in [0.29, 0.717) is 19.7 Å². The van der Waals surface area contributed by atoms with Gasteiger partial charge >= 0.3 is 0 Å². The second kappa shape index (κ2) is 9.49. The van der Waals surface area contributed by atoms with Gasteiger partial charge in [0.25, 0.3) is 5.91 Å². The number of carbonyl (C=O) groups excluding carboxylic acids is 1. The number of hydrogen-bond acceptors (Lipinski definition) is 3. The Kier molecular flexibility index (Phi) is 6.55. The van der Waals surface area contributed by atoms with Gasteiger partial charge in [0.15, 0.2) is 24.1 Å². The number of carbonyl (C=O) groups is 1. The van der Waals surface area contributed by atoms with Crippen LogP contribution in [0.3, 0.4) is 0 Å². The van der Waals surface area contributed by atoms with Crippen LogP contribution in [0.2, 0.25) is 0 Å². The van der Waals surface area contributed by atoms with Crippen LogP contribution in [0.15, 0.2) is 48.5 Å². The highest BCUT2D eigenvalue weighted by atomic mass is 16.6. The quantitative estimate of drug-likeness (QED) is 0.679. The number of amides is 1. The van der Waals surface area contributed by atoms with E-state index in [1.165, 1.54) is 16.0 Å². The zero-order chi connectivity index (χ0) is 20.9. The molecule has 0 spiro atoms. The lowest BCUT2D eigenvalue weighted by Gasteiger charge is -2.32. The minimum atomic E-state index is -0.125. The van der Waals surface area contributed by atoms with Crippen LogP contribution in [0.25, 0.3) is 0 Å². The number of piperazine rings is 1. The van der Waals surface area contributed by atoms with Crippen LogP contribution < -0.4 is 19.3 Å². The molecule has 30 heavy (non-hydrogen) atoms. The standard InChI is InChI=1S/C24H31N3O3/c1-19-6-5-7-20(14-19)15-26-10-12-27(13-11-26)17-24(28)25(2)16-21-18-29-22-8-3-4-9-23(22)30-21/h3-9,14,21H,10-13,15-18H2,1-2H3/p+2/t21-/m1/s1. The van der Waals surface area contributed by atoms with Crippen molar-refractivity contribution >= 4 is 5.91 Å². The third-order valence-electron chi connectivity index (χ3n) is 6.07. The summed E-state index contributed by atoms with van der Waals surface area (Å²) in [5.74, 6) is 1.71. The van der Waals surface area contributed by atoms with E-state index in [0.717, 1.165) is 44.2 Å². The van der Waals surface area contributed by atoms with Crippen molar-refractivity contribution in [3.63, 3.8) is 0 Å². The van der Waals surface area contributed by atoms with Gasteiger partial charge in [-0.1, -0.05) is 42.0 Å². The Hall–Kier alpha value is -2.57. The largest absolute Gasteiger partial charge is 0.486 e. The summed E-state index contributed by atoms with van der Waals surface area (Å²) in [5, 5.41) is 0. The van der Waals surface area contributed by atoms with Gasteiger partial charge in [0.05, 0.1) is 6.54 Å². The molecular formula is C24H33N3O3+2. The van der Waals surface area contributed by atoms with Gasteiger partial charge in [0.1, 0.15) is 39.3 Å². The molecule has 1 saturated heterocycles. The monoisotopic (exact) mass is 411 g/mol. The number of ether oxygens (including phenoxy) is 2. The summed E-state index contributed by atoms with van der Waals surface area (Å²) in [7, 11) is 1.87. The molecule has 6 nitrogen and oxygen atoms in total. The summed E-state index contributed by atoms with van der Waals surface area (Å²) in [6.07, 6.45) is -0.125. The summed E-state index contributed by atoms with van der Waals surface area (Å²) in [5.41, 5.74) is 2.72. The Labute approximate surface area is 179 Å². The molecule has 2 heterocycles. The van der Waals surface area contributed by atoms with Crippen molar-refractivity contribution in [3.05, 3.63) is 59.7 Å². The predicted molar refractivity (Wildman–Crippen MR) is 115 cm³/mol. The molecule has 1 atom stereocenters. The van der Waals surface area contributed by atoms with Gasteiger partial charge in [-0.15, -0.1) is 0 Å². The van der Waals surface area contributed by atoms with Gasteiger partial charge in [-0.2, -0.15) is 0 Å². The molecule has 0 radical (unpaired) electrons. The molecule has 0 aliphatic carbocycles. The highest BCUT2D eigenvalue weighted by molar-refractivity contribution is 5.76. The normalized spacial score (nSPS) is 23.1. The molecule has 2 aliphatic heterocycles. The SMILES string of the molecule is Cc1cccc(C[NH+]2CC[NH+](CC(=O)N(C)C[C@@H]3COc4ccccc4O3)CC2)c1. The van der Waals surface area contributed by atoms with E-state index in [-0.39, 0.29) is 12.0 Å². The number of nitrogens with one attached hydrogen (secondary N) is 2. The van der Waals surface area contributed by atoms with Gasteiger partial charge < -0.3 is 24.2 Å². The van der Waals surface area contributed by atoms with Crippen LogP contribution in [0.1, 0.15) is 11.1 Å². The number of fused-ring (bicyclic) bond motifs is 1. The molecule has 0 saturated carbocycles. The number of aryl methyl sites for hydroxylation is 1. The molecule has 6 heteroatoms. The number of benzene rings is 2. The molecule has 2 N–H and O–H groups in total. The molecule has 1 amide bonds. The molecule has 0 aromatic heterocycles. The minimum Gasteiger partial charge on any atom is -0.486 e. The first-order valence-electron chi connectivity index (χ1n) is 10.9. The van der Waals surface area contributed by atoms with E-state index in [1.807, 2.05) is 31.3 Å². The zero-order valence-electron chi connectivity index (χ0n) is 18.0. The Morgan fingerprint density at radius 3 is 2.53 bits per heavy atom. The first-order chi connectivity index (χ1) is 14.6. The summed E-state index contributed by atoms with van der Waals surface area (Å²) in [4.78, 5) is 17.5. The van der Waals surface area contributed by atoms with Crippen molar-refractivity contribution in [2.24, 2.45) is 0 Å². The van der Waals surface area contributed by atoms with Gasteiger partial charge in [0, 0.05) is 12.6 Å². The van der Waals surface area contributed by atoms with Crippen LogP contribution in [0.5, 0.6) is 11.5 Å². The van der Waals surface area contributed by atoms with Crippen LogP contribution in [0.4, 0.5) is 0 Å².